The molecule has 8 nitrogen and oxygen atoms in total. The summed E-state index contributed by atoms with van der Waals surface area (Å²) in [4.78, 5) is 20.6. The molecule has 3 heterocycles. The number of amides is 1. The summed E-state index contributed by atoms with van der Waals surface area (Å²) < 4.78 is 16.4. The van der Waals surface area contributed by atoms with Crippen LogP contribution in [0.3, 0.4) is 0 Å². The maximum atomic E-state index is 14.7. The van der Waals surface area contributed by atoms with Crippen molar-refractivity contribution in [3.05, 3.63) is 42.0 Å². The minimum atomic E-state index is -0.286. The molecule has 1 atom stereocenters. The van der Waals surface area contributed by atoms with Crippen molar-refractivity contribution in [2.75, 3.05) is 31.1 Å². The number of benzene rings is 1. The lowest BCUT2D eigenvalue weighted by atomic mass is 10.0. The van der Waals surface area contributed by atoms with E-state index in [4.69, 9.17) is 4.84 Å². The van der Waals surface area contributed by atoms with Gasteiger partial charge in [-0.15, -0.1) is 5.10 Å². The molecule has 1 aromatic carbocycles. The quantitative estimate of drug-likeness (QED) is 0.808. The van der Waals surface area contributed by atoms with Crippen molar-refractivity contribution in [3.8, 4) is 0 Å². The Morgan fingerprint density at radius 2 is 2.11 bits per heavy atom. The third-order valence-electron chi connectivity index (χ3n) is 4.94. The SMILES string of the molecule is CC(=O)N1CCN(c2ccc(C3=NOC(Cn4ccnn4)C3)cc2F)CC1. The van der Waals surface area contributed by atoms with Crippen LogP contribution in [0, 0.1) is 5.82 Å². The smallest absolute Gasteiger partial charge is 0.219 e. The molecule has 0 N–H and O–H groups in total. The molecule has 142 valence electrons. The highest BCUT2D eigenvalue weighted by atomic mass is 19.1. The highest BCUT2D eigenvalue weighted by Crippen LogP contribution is 2.25. The lowest BCUT2D eigenvalue weighted by molar-refractivity contribution is -0.129. The molecular formula is C18H21FN6O2. The van der Waals surface area contributed by atoms with Crippen molar-refractivity contribution in [1.29, 1.82) is 0 Å². The Hall–Kier alpha value is -2.97. The van der Waals surface area contributed by atoms with Crippen LogP contribution in [-0.4, -0.2) is 63.8 Å². The Balaban J connectivity index is 1.40. The van der Waals surface area contributed by atoms with E-state index in [9.17, 15) is 9.18 Å². The van der Waals surface area contributed by atoms with Crippen LogP contribution in [0.15, 0.2) is 35.7 Å². The van der Waals surface area contributed by atoms with Crippen LogP contribution < -0.4 is 4.90 Å². The second-order valence-corrected chi connectivity index (χ2v) is 6.75. The molecule has 2 aromatic rings. The van der Waals surface area contributed by atoms with E-state index in [0.717, 1.165) is 11.3 Å². The van der Waals surface area contributed by atoms with Gasteiger partial charge in [0.1, 0.15) is 5.82 Å². The van der Waals surface area contributed by atoms with Gasteiger partial charge in [-0.25, -0.2) is 9.07 Å². The average Bonchev–Trinajstić information content (AvgIpc) is 3.34. The molecular weight excluding hydrogens is 351 g/mol. The van der Waals surface area contributed by atoms with Gasteiger partial charge in [-0.1, -0.05) is 16.4 Å². The minimum Gasteiger partial charge on any atom is -0.390 e. The second-order valence-electron chi connectivity index (χ2n) is 6.75. The van der Waals surface area contributed by atoms with Crippen molar-refractivity contribution in [2.45, 2.75) is 26.0 Å². The van der Waals surface area contributed by atoms with Crippen molar-refractivity contribution >= 4 is 17.3 Å². The highest BCUT2D eigenvalue weighted by molar-refractivity contribution is 6.01. The third kappa shape index (κ3) is 3.76. The number of rotatable bonds is 4. The predicted octanol–water partition coefficient (Wildman–Crippen LogP) is 1.28. The Labute approximate surface area is 156 Å². The average molecular weight is 372 g/mol. The van der Waals surface area contributed by atoms with E-state index in [1.807, 2.05) is 11.0 Å². The van der Waals surface area contributed by atoms with Crippen molar-refractivity contribution in [2.24, 2.45) is 5.16 Å². The molecule has 1 unspecified atom stereocenters. The molecule has 4 rings (SSSR count). The van der Waals surface area contributed by atoms with Crippen LogP contribution in [0.4, 0.5) is 10.1 Å². The summed E-state index contributed by atoms with van der Waals surface area (Å²) in [5.41, 5.74) is 2.01. The van der Waals surface area contributed by atoms with Gasteiger partial charge >= 0.3 is 0 Å². The van der Waals surface area contributed by atoms with Gasteiger partial charge in [0, 0.05) is 51.3 Å². The van der Waals surface area contributed by atoms with Gasteiger partial charge in [0.25, 0.3) is 0 Å². The first-order valence-electron chi connectivity index (χ1n) is 8.97. The van der Waals surface area contributed by atoms with E-state index in [1.54, 1.807) is 35.0 Å². The fourth-order valence-electron chi connectivity index (χ4n) is 3.44. The molecule has 1 amide bonds. The first-order chi connectivity index (χ1) is 13.1. The molecule has 2 aliphatic rings. The Kier molecular flexibility index (Phi) is 4.74. The van der Waals surface area contributed by atoms with E-state index in [2.05, 4.69) is 15.5 Å². The number of hydrogen-bond donors (Lipinski definition) is 0. The van der Waals surface area contributed by atoms with Crippen molar-refractivity contribution in [3.63, 3.8) is 0 Å². The number of anilines is 1. The summed E-state index contributed by atoms with van der Waals surface area (Å²) in [5, 5.41) is 11.8. The summed E-state index contributed by atoms with van der Waals surface area (Å²) >= 11 is 0. The zero-order chi connectivity index (χ0) is 18.8. The second kappa shape index (κ2) is 7.34. The molecule has 1 saturated heterocycles. The normalized spacial score (nSPS) is 19.8. The zero-order valence-electron chi connectivity index (χ0n) is 15.1. The van der Waals surface area contributed by atoms with Gasteiger partial charge in [0.15, 0.2) is 6.10 Å². The third-order valence-corrected chi connectivity index (χ3v) is 4.94. The lowest BCUT2D eigenvalue weighted by Crippen LogP contribution is -2.48. The fourth-order valence-corrected chi connectivity index (χ4v) is 3.44. The largest absolute Gasteiger partial charge is 0.390 e. The van der Waals surface area contributed by atoms with E-state index in [0.29, 0.717) is 44.8 Å². The molecule has 1 aromatic heterocycles. The van der Waals surface area contributed by atoms with Gasteiger partial charge in [-0.05, 0) is 12.1 Å². The molecule has 0 saturated carbocycles. The summed E-state index contributed by atoms with van der Waals surface area (Å²) in [6.45, 7) is 4.58. The van der Waals surface area contributed by atoms with Gasteiger partial charge < -0.3 is 14.6 Å². The molecule has 1 fully saturated rings. The summed E-state index contributed by atoms with van der Waals surface area (Å²) in [6, 6.07) is 5.16. The molecule has 0 radical (unpaired) electrons. The summed E-state index contributed by atoms with van der Waals surface area (Å²) in [6.07, 6.45) is 3.84. The molecule has 0 spiro atoms. The molecule has 9 heteroatoms. The van der Waals surface area contributed by atoms with Crippen LogP contribution in [0.5, 0.6) is 0 Å². The van der Waals surface area contributed by atoms with Crippen LogP contribution in [0.25, 0.3) is 0 Å². The van der Waals surface area contributed by atoms with Gasteiger partial charge in [0.2, 0.25) is 5.91 Å². The molecule has 0 aliphatic carbocycles. The maximum absolute atomic E-state index is 14.7. The fraction of sp³-hybridized carbons (Fsp3) is 0.444. The number of piperazine rings is 1. The first-order valence-corrected chi connectivity index (χ1v) is 8.97. The molecule has 0 bridgehead atoms. The number of hydrogen-bond acceptors (Lipinski definition) is 6. The number of oxime groups is 1. The summed E-state index contributed by atoms with van der Waals surface area (Å²) in [7, 11) is 0. The Bertz CT molecular complexity index is 846. The monoisotopic (exact) mass is 372 g/mol. The van der Waals surface area contributed by atoms with Crippen molar-refractivity contribution in [1.82, 2.24) is 19.9 Å². The van der Waals surface area contributed by atoms with Crippen LogP contribution in [-0.2, 0) is 16.2 Å². The van der Waals surface area contributed by atoms with Crippen LogP contribution in [0.1, 0.15) is 18.9 Å². The maximum Gasteiger partial charge on any atom is 0.219 e. The zero-order valence-corrected chi connectivity index (χ0v) is 15.1. The van der Waals surface area contributed by atoms with Gasteiger partial charge in [-0.2, -0.15) is 0 Å². The van der Waals surface area contributed by atoms with E-state index >= 15 is 0 Å². The number of carbonyl (C=O) groups excluding carboxylic acids is 1. The lowest BCUT2D eigenvalue weighted by Gasteiger charge is -2.35. The van der Waals surface area contributed by atoms with E-state index in [-0.39, 0.29) is 17.8 Å². The number of carbonyl (C=O) groups is 1. The number of aromatic nitrogens is 3. The van der Waals surface area contributed by atoms with Gasteiger partial charge in [0.05, 0.1) is 24.1 Å². The van der Waals surface area contributed by atoms with E-state index < -0.39 is 0 Å². The highest BCUT2D eigenvalue weighted by Gasteiger charge is 2.25. The standard InChI is InChI=1S/C18H21FN6O2/c1-13(26)23-6-8-24(9-7-23)18-3-2-14(10-16(18)19)17-11-15(27-21-17)12-25-5-4-20-22-25/h2-5,10,15H,6-9,11-12H2,1H3. The molecule has 27 heavy (non-hydrogen) atoms. The molecule has 2 aliphatic heterocycles. The minimum absolute atomic E-state index is 0.0603. The number of halogens is 1. The Morgan fingerprint density at radius 1 is 1.30 bits per heavy atom. The first kappa shape index (κ1) is 17.4. The number of nitrogens with zero attached hydrogens (tertiary/aromatic N) is 6. The van der Waals surface area contributed by atoms with E-state index in [1.165, 1.54) is 6.07 Å². The van der Waals surface area contributed by atoms with Gasteiger partial charge in [-0.3, -0.25) is 4.79 Å². The Morgan fingerprint density at radius 3 is 2.78 bits per heavy atom. The predicted molar refractivity (Wildman–Crippen MR) is 96.9 cm³/mol. The van der Waals surface area contributed by atoms with Crippen LogP contribution >= 0.6 is 0 Å². The topological polar surface area (TPSA) is 75.8 Å². The van der Waals surface area contributed by atoms with Crippen LogP contribution in [0.2, 0.25) is 0 Å². The summed E-state index contributed by atoms with van der Waals surface area (Å²) in [5.74, 6) is -0.226. The van der Waals surface area contributed by atoms with Crippen molar-refractivity contribution < 1.29 is 14.0 Å².